The van der Waals surface area contributed by atoms with Crippen LogP contribution in [0.2, 0.25) is 5.02 Å². The van der Waals surface area contributed by atoms with Crippen molar-refractivity contribution in [1.29, 1.82) is 0 Å². The fourth-order valence-electron chi connectivity index (χ4n) is 4.72. The van der Waals surface area contributed by atoms with E-state index in [2.05, 4.69) is 5.32 Å². The molecular formula is C29H36ClF3N2O4. The van der Waals surface area contributed by atoms with Gasteiger partial charge in [0.05, 0.1) is 6.61 Å². The normalized spacial score (nSPS) is 19.3. The Morgan fingerprint density at radius 3 is 2.10 bits per heavy atom. The van der Waals surface area contributed by atoms with Crippen LogP contribution < -0.4 is 10.1 Å². The van der Waals surface area contributed by atoms with Gasteiger partial charge in [-0.05, 0) is 86.1 Å². The topological polar surface area (TPSA) is 78.9 Å². The van der Waals surface area contributed by atoms with Gasteiger partial charge < -0.3 is 15.2 Å². The van der Waals surface area contributed by atoms with E-state index in [9.17, 15) is 27.9 Å². The zero-order valence-electron chi connectivity index (χ0n) is 22.8. The maximum absolute atomic E-state index is 13.5. The van der Waals surface area contributed by atoms with E-state index < -0.39 is 23.3 Å². The summed E-state index contributed by atoms with van der Waals surface area (Å²) >= 11 is 5.95. The van der Waals surface area contributed by atoms with Gasteiger partial charge in [-0.25, -0.2) is 4.79 Å². The zero-order valence-corrected chi connectivity index (χ0v) is 23.5. The lowest BCUT2D eigenvalue weighted by Crippen LogP contribution is -2.41. The molecule has 3 amide bonds. The van der Waals surface area contributed by atoms with Gasteiger partial charge in [-0.2, -0.15) is 13.2 Å². The number of amides is 3. The summed E-state index contributed by atoms with van der Waals surface area (Å²) in [5.74, 6) is 0.198. The van der Waals surface area contributed by atoms with Crippen LogP contribution in [-0.4, -0.2) is 41.3 Å². The number of carbonyl (C=O) groups excluding carboxylic acids is 2. The van der Waals surface area contributed by atoms with Crippen LogP contribution in [0.3, 0.4) is 0 Å². The van der Waals surface area contributed by atoms with Crippen LogP contribution in [0.25, 0.3) is 0 Å². The summed E-state index contributed by atoms with van der Waals surface area (Å²) in [4.78, 5) is 26.9. The maximum atomic E-state index is 13.5. The number of aliphatic hydroxyl groups is 1. The number of alkyl halides is 3. The molecule has 1 fully saturated rings. The first-order chi connectivity index (χ1) is 18.3. The van der Waals surface area contributed by atoms with E-state index in [-0.39, 0.29) is 24.6 Å². The molecule has 1 heterocycles. The third-order valence-electron chi connectivity index (χ3n) is 7.11. The van der Waals surface area contributed by atoms with Crippen LogP contribution in [0.4, 0.5) is 18.0 Å². The quantitative estimate of drug-likeness (QED) is 0.222. The van der Waals surface area contributed by atoms with Crippen LogP contribution in [-0.2, 0) is 28.8 Å². The van der Waals surface area contributed by atoms with Crippen molar-refractivity contribution in [3.63, 3.8) is 0 Å². The number of carbonyl (C=O) groups is 2. The Labute approximate surface area is 232 Å². The molecule has 214 valence electrons. The number of nitrogens with one attached hydrogen (secondary N) is 1. The highest BCUT2D eigenvalue weighted by Gasteiger charge is 2.51. The Morgan fingerprint density at radius 2 is 1.59 bits per heavy atom. The van der Waals surface area contributed by atoms with E-state index >= 15 is 0 Å². The number of ether oxygens (including phenoxy) is 1. The zero-order chi connectivity index (χ0) is 29.0. The summed E-state index contributed by atoms with van der Waals surface area (Å²) in [7, 11) is 0. The van der Waals surface area contributed by atoms with Gasteiger partial charge >= 0.3 is 12.2 Å². The minimum Gasteiger partial charge on any atom is -0.493 e. The Balaban J connectivity index is 1.68. The molecule has 1 saturated heterocycles. The molecule has 1 aliphatic rings. The number of nitrogens with zero attached hydrogens (tertiary/aromatic N) is 1. The van der Waals surface area contributed by atoms with Crippen LogP contribution in [0.5, 0.6) is 5.75 Å². The van der Waals surface area contributed by atoms with Gasteiger partial charge in [-0.1, -0.05) is 50.4 Å². The number of urea groups is 1. The molecular weight excluding hydrogens is 533 g/mol. The summed E-state index contributed by atoms with van der Waals surface area (Å²) in [5.41, 5.74) is -2.47. The van der Waals surface area contributed by atoms with Crippen molar-refractivity contribution in [1.82, 2.24) is 10.2 Å². The first-order valence-corrected chi connectivity index (χ1v) is 13.6. The minimum absolute atomic E-state index is 0.198. The molecule has 0 bridgehead atoms. The molecule has 6 nitrogen and oxygen atoms in total. The summed E-state index contributed by atoms with van der Waals surface area (Å²) in [6.45, 7) is 6.74. The molecule has 0 saturated carbocycles. The van der Waals surface area contributed by atoms with Crippen LogP contribution in [0, 0.1) is 0 Å². The van der Waals surface area contributed by atoms with Gasteiger partial charge in [-0.15, -0.1) is 0 Å². The molecule has 2 aromatic rings. The van der Waals surface area contributed by atoms with E-state index in [4.69, 9.17) is 16.3 Å². The number of imide groups is 1. The summed E-state index contributed by atoms with van der Waals surface area (Å²) in [5, 5.41) is 13.6. The van der Waals surface area contributed by atoms with Gasteiger partial charge in [0.1, 0.15) is 11.3 Å². The minimum atomic E-state index is -4.81. The molecule has 10 heteroatoms. The number of rotatable bonds is 12. The third-order valence-corrected chi connectivity index (χ3v) is 7.37. The van der Waals surface area contributed by atoms with Crippen molar-refractivity contribution in [2.45, 2.75) is 83.5 Å². The van der Waals surface area contributed by atoms with E-state index in [1.165, 1.54) is 17.0 Å². The average molecular weight is 569 g/mol. The first-order valence-electron chi connectivity index (χ1n) is 13.2. The first kappa shape index (κ1) is 30.8. The lowest BCUT2D eigenvalue weighted by atomic mass is 9.89. The Kier molecular flexibility index (Phi) is 9.60. The number of halogens is 4. The Bertz CT molecular complexity index is 1160. The highest BCUT2D eigenvalue weighted by atomic mass is 35.5. The van der Waals surface area contributed by atoms with Gasteiger partial charge in [-0.3, -0.25) is 9.69 Å². The average Bonchev–Trinajstić information content (AvgIpc) is 3.08. The van der Waals surface area contributed by atoms with E-state index in [1.54, 1.807) is 31.2 Å². The van der Waals surface area contributed by atoms with Crippen molar-refractivity contribution in [2.24, 2.45) is 0 Å². The molecule has 39 heavy (non-hydrogen) atoms. The summed E-state index contributed by atoms with van der Waals surface area (Å²) in [6, 6.07) is 9.04. The fourth-order valence-corrected chi connectivity index (χ4v) is 4.85. The Morgan fingerprint density at radius 1 is 1.03 bits per heavy atom. The second-order valence-electron chi connectivity index (χ2n) is 10.3. The van der Waals surface area contributed by atoms with E-state index in [1.807, 2.05) is 13.8 Å². The van der Waals surface area contributed by atoms with Crippen LogP contribution in [0.1, 0.15) is 75.6 Å². The summed E-state index contributed by atoms with van der Waals surface area (Å²) in [6.07, 6.45) is -1.42. The monoisotopic (exact) mass is 568 g/mol. The van der Waals surface area contributed by atoms with Crippen molar-refractivity contribution >= 4 is 23.5 Å². The Hall–Kier alpha value is -2.78. The number of benzene rings is 2. The molecule has 0 spiro atoms. The molecule has 1 aliphatic heterocycles. The predicted octanol–water partition coefficient (Wildman–Crippen LogP) is 6.64. The van der Waals surface area contributed by atoms with Crippen molar-refractivity contribution < 1.29 is 32.6 Å². The third kappa shape index (κ3) is 6.52. The van der Waals surface area contributed by atoms with Gasteiger partial charge in [0.15, 0.2) is 5.60 Å². The second kappa shape index (κ2) is 12.2. The molecule has 2 unspecified atom stereocenters. The van der Waals surface area contributed by atoms with Gasteiger partial charge in [0.25, 0.3) is 5.91 Å². The highest BCUT2D eigenvalue weighted by molar-refractivity contribution is 6.30. The van der Waals surface area contributed by atoms with Crippen LogP contribution in [0.15, 0.2) is 36.4 Å². The molecule has 3 rings (SSSR count). The molecule has 2 aromatic carbocycles. The number of aryl methyl sites for hydroxylation is 2. The SMILES string of the molecule is CCCc1cc(C(C)(O)C(F)(F)F)cc(CCC)c1OCCCCN1C(=O)NC(C)(c2ccc(Cl)cc2)C1=O. The summed E-state index contributed by atoms with van der Waals surface area (Å²) < 4.78 is 46.7. The second-order valence-corrected chi connectivity index (χ2v) is 10.7. The van der Waals surface area contributed by atoms with Crippen LogP contribution >= 0.6 is 11.6 Å². The molecule has 2 N–H and O–H groups in total. The molecule has 0 aromatic heterocycles. The van der Waals surface area contributed by atoms with Gasteiger partial charge in [0.2, 0.25) is 0 Å². The van der Waals surface area contributed by atoms with Crippen molar-refractivity contribution in [2.75, 3.05) is 13.2 Å². The number of hydrogen-bond donors (Lipinski definition) is 2. The molecule has 0 radical (unpaired) electrons. The highest BCUT2D eigenvalue weighted by Crippen LogP contribution is 2.41. The lowest BCUT2D eigenvalue weighted by Gasteiger charge is -2.29. The fraction of sp³-hybridized carbons (Fsp3) is 0.517. The van der Waals surface area contributed by atoms with Gasteiger partial charge in [0, 0.05) is 11.6 Å². The predicted molar refractivity (Wildman–Crippen MR) is 144 cm³/mol. The maximum Gasteiger partial charge on any atom is 0.421 e. The lowest BCUT2D eigenvalue weighted by molar-refractivity contribution is -0.258. The largest absolute Gasteiger partial charge is 0.493 e. The van der Waals surface area contributed by atoms with E-state index in [0.717, 1.165) is 6.92 Å². The number of unbranched alkanes of at least 4 members (excludes halogenated alkanes) is 1. The standard InChI is InChI=1S/C29H36ClF3N2O4/c1-5-9-19-17-22(28(4,38)29(31,32)33)18-20(10-6-2)24(19)39-16-8-7-15-35-25(36)27(3,34-26(35)37)21-11-13-23(30)14-12-21/h11-14,17-18,38H,5-10,15-16H2,1-4H3,(H,34,37). The number of hydrogen-bond acceptors (Lipinski definition) is 4. The smallest absolute Gasteiger partial charge is 0.421 e. The van der Waals surface area contributed by atoms with Crippen molar-refractivity contribution in [3.8, 4) is 5.75 Å². The van der Waals surface area contributed by atoms with Crippen molar-refractivity contribution in [3.05, 3.63) is 63.7 Å². The molecule has 0 aliphatic carbocycles. The van der Waals surface area contributed by atoms with E-state index in [0.29, 0.717) is 66.0 Å². The molecule has 2 atom stereocenters.